The highest BCUT2D eigenvalue weighted by Crippen LogP contribution is 2.45. The van der Waals surface area contributed by atoms with E-state index in [1.165, 1.54) is 186 Å². The molecule has 0 aromatic rings. The van der Waals surface area contributed by atoms with Gasteiger partial charge in [0.05, 0.1) is 26.4 Å². The topological polar surface area (TPSA) is 237 Å². The summed E-state index contributed by atoms with van der Waals surface area (Å²) in [6.45, 7) is 9.55. The zero-order valence-corrected chi connectivity index (χ0v) is 60.9. The largest absolute Gasteiger partial charge is 0.472 e. The van der Waals surface area contributed by atoms with Crippen LogP contribution in [0.5, 0.6) is 0 Å². The average molecular weight is 1340 g/mol. The maximum atomic E-state index is 13.0. The van der Waals surface area contributed by atoms with Crippen molar-refractivity contribution in [2.24, 2.45) is 11.8 Å². The molecule has 3 N–H and O–H groups in total. The van der Waals surface area contributed by atoms with Gasteiger partial charge in [0.1, 0.15) is 19.3 Å². The van der Waals surface area contributed by atoms with E-state index in [4.69, 9.17) is 37.0 Å². The van der Waals surface area contributed by atoms with Gasteiger partial charge in [0.2, 0.25) is 0 Å². The summed E-state index contributed by atoms with van der Waals surface area (Å²) in [5, 5.41) is 10.6. The van der Waals surface area contributed by atoms with Crippen molar-refractivity contribution in [1.29, 1.82) is 0 Å². The van der Waals surface area contributed by atoms with Crippen LogP contribution in [-0.2, 0) is 65.4 Å². The van der Waals surface area contributed by atoms with Crippen molar-refractivity contribution in [2.45, 2.75) is 387 Å². The molecule has 0 heterocycles. The van der Waals surface area contributed by atoms with Crippen molar-refractivity contribution < 1.29 is 80.2 Å². The molecule has 0 rings (SSSR count). The van der Waals surface area contributed by atoms with Crippen LogP contribution in [0.1, 0.15) is 369 Å². The fourth-order valence-electron chi connectivity index (χ4n) is 10.9. The van der Waals surface area contributed by atoms with Gasteiger partial charge >= 0.3 is 39.5 Å². The third-order valence-corrected chi connectivity index (χ3v) is 19.0. The maximum absolute atomic E-state index is 13.0. The first-order chi connectivity index (χ1) is 43.9. The first kappa shape index (κ1) is 89.1. The molecule has 0 aromatic carbocycles. The Labute approximate surface area is 556 Å². The number of esters is 4. The second kappa shape index (κ2) is 64.1. The molecule has 0 aromatic heterocycles. The van der Waals surface area contributed by atoms with Crippen LogP contribution >= 0.6 is 15.6 Å². The van der Waals surface area contributed by atoms with E-state index in [1.807, 2.05) is 0 Å². The number of unbranched alkanes of at least 4 members (excludes halogenated alkanes) is 40. The number of ether oxygens (including phenoxy) is 4. The molecular weight excluding hydrogens is 1200 g/mol. The van der Waals surface area contributed by atoms with Crippen molar-refractivity contribution in [2.75, 3.05) is 39.6 Å². The van der Waals surface area contributed by atoms with Gasteiger partial charge in [-0.25, -0.2) is 9.13 Å². The Morgan fingerprint density at radius 1 is 0.319 bits per heavy atom. The molecule has 0 fully saturated rings. The molecule has 0 spiro atoms. The van der Waals surface area contributed by atoms with Crippen LogP contribution in [0.4, 0.5) is 0 Å². The van der Waals surface area contributed by atoms with Gasteiger partial charge in [-0.1, -0.05) is 318 Å². The molecule has 3 unspecified atom stereocenters. The Hall–Kier alpha value is -1.94. The van der Waals surface area contributed by atoms with Crippen molar-refractivity contribution in [3.8, 4) is 0 Å². The molecule has 0 aliphatic carbocycles. The lowest BCUT2D eigenvalue weighted by Gasteiger charge is -2.21. The summed E-state index contributed by atoms with van der Waals surface area (Å²) in [4.78, 5) is 72.6. The number of aliphatic hydroxyl groups is 1. The zero-order valence-electron chi connectivity index (χ0n) is 59.1. The molecular formula is C72H140O17P2. The second-order valence-electron chi connectivity index (χ2n) is 26.7. The molecule has 17 nitrogen and oxygen atoms in total. The van der Waals surface area contributed by atoms with E-state index in [0.717, 1.165) is 102 Å². The van der Waals surface area contributed by atoms with Crippen molar-refractivity contribution in [3.63, 3.8) is 0 Å². The standard InChI is InChI=1S/C72H140O17P2/c1-7-10-12-14-16-18-19-20-21-22-23-26-31-38-44-50-56-71(76)88-67(61-83-70(75)55-49-43-37-30-27-24-25-29-34-40-46-52-64(4)5)62-86-90(78,79)84-58-66(73)59-85-91(80,81)87-63-68(60-82-69(74)54-48-42-36-28-17-15-13-11-8-2)89-72(77)57-51-45-39-33-32-35-41-47-53-65(6)9-3/h64-68,73H,7-63H2,1-6H3,(H,78,79)(H,80,81)/t65?,66-,67-,68-/m1/s1. The molecule has 0 aliphatic rings. The van der Waals surface area contributed by atoms with Gasteiger partial charge in [0.15, 0.2) is 12.2 Å². The smallest absolute Gasteiger partial charge is 0.462 e. The minimum Gasteiger partial charge on any atom is -0.462 e. The molecule has 91 heavy (non-hydrogen) atoms. The lowest BCUT2D eigenvalue weighted by atomic mass is 9.99. The Bertz CT molecular complexity index is 1770. The van der Waals surface area contributed by atoms with Crippen molar-refractivity contribution in [1.82, 2.24) is 0 Å². The summed E-state index contributed by atoms with van der Waals surface area (Å²) in [7, 11) is -9.90. The minimum atomic E-state index is -4.95. The lowest BCUT2D eigenvalue weighted by Crippen LogP contribution is -2.30. The highest BCUT2D eigenvalue weighted by Gasteiger charge is 2.30. The molecule has 540 valence electrons. The van der Waals surface area contributed by atoms with Crippen LogP contribution in [0, 0.1) is 11.8 Å². The van der Waals surface area contributed by atoms with Gasteiger partial charge in [0.25, 0.3) is 0 Å². The van der Waals surface area contributed by atoms with Crippen LogP contribution in [0.2, 0.25) is 0 Å². The van der Waals surface area contributed by atoms with Gasteiger partial charge in [-0.2, -0.15) is 0 Å². The molecule has 0 saturated carbocycles. The Morgan fingerprint density at radius 3 is 0.835 bits per heavy atom. The number of hydrogen-bond donors (Lipinski definition) is 3. The number of hydrogen-bond acceptors (Lipinski definition) is 15. The molecule has 0 aliphatic heterocycles. The van der Waals surface area contributed by atoms with Gasteiger partial charge in [-0.3, -0.25) is 37.3 Å². The van der Waals surface area contributed by atoms with E-state index in [1.54, 1.807) is 0 Å². The Balaban J connectivity index is 5.24. The third-order valence-electron chi connectivity index (χ3n) is 17.1. The van der Waals surface area contributed by atoms with E-state index in [0.29, 0.717) is 25.7 Å². The third kappa shape index (κ3) is 65.1. The summed E-state index contributed by atoms with van der Waals surface area (Å²) in [6, 6.07) is 0. The van der Waals surface area contributed by atoms with Crippen LogP contribution in [0.3, 0.4) is 0 Å². The zero-order chi connectivity index (χ0) is 67.2. The van der Waals surface area contributed by atoms with Gasteiger partial charge < -0.3 is 33.8 Å². The molecule has 6 atom stereocenters. The van der Waals surface area contributed by atoms with E-state index < -0.39 is 97.5 Å². The van der Waals surface area contributed by atoms with Crippen molar-refractivity contribution >= 4 is 39.5 Å². The van der Waals surface area contributed by atoms with Crippen LogP contribution < -0.4 is 0 Å². The molecule has 0 radical (unpaired) electrons. The fraction of sp³-hybridized carbons (Fsp3) is 0.944. The summed E-state index contributed by atoms with van der Waals surface area (Å²) >= 11 is 0. The fourth-order valence-corrected chi connectivity index (χ4v) is 12.5. The van der Waals surface area contributed by atoms with Crippen LogP contribution in [-0.4, -0.2) is 96.7 Å². The summed E-state index contributed by atoms with van der Waals surface area (Å²) in [6.07, 6.45) is 49.8. The van der Waals surface area contributed by atoms with Crippen LogP contribution in [0.25, 0.3) is 0 Å². The summed E-state index contributed by atoms with van der Waals surface area (Å²) in [5.74, 6) is -0.581. The highest BCUT2D eigenvalue weighted by atomic mass is 31.2. The second-order valence-corrected chi connectivity index (χ2v) is 29.6. The number of carbonyl (C=O) groups is 4. The minimum absolute atomic E-state index is 0.105. The molecule has 0 bridgehead atoms. The normalized spacial score (nSPS) is 14.4. The monoisotopic (exact) mass is 1340 g/mol. The first-order valence-corrected chi connectivity index (χ1v) is 40.5. The maximum Gasteiger partial charge on any atom is 0.472 e. The highest BCUT2D eigenvalue weighted by molar-refractivity contribution is 7.47. The van der Waals surface area contributed by atoms with E-state index in [-0.39, 0.29) is 25.7 Å². The molecule has 19 heteroatoms. The molecule has 0 amide bonds. The van der Waals surface area contributed by atoms with E-state index >= 15 is 0 Å². The summed E-state index contributed by atoms with van der Waals surface area (Å²) < 4.78 is 68.3. The predicted molar refractivity (Wildman–Crippen MR) is 368 cm³/mol. The van der Waals surface area contributed by atoms with Crippen LogP contribution in [0.15, 0.2) is 0 Å². The first-order valence-electron chi connectivity index (χ1n) is 37.5. The predicted octanol–water partition coefficient (Wildman–Crippen LogP) is 20.8. The van der Waals surface area contributed by atoms with Gasteiger partial charge in [-0.05, 0) is 37.5 Å². The van der Waals surface area contributed by atoms with Gasteiger partial charge in [0, 0.05) is 25.7 Å². The number of rotatable bonds is 71. The summed E-state index contributed by atoms with van der Waals surface area (Å²) in [5.41, 5.74) is 0. The Morgan fingerprint density at radius 2 is 0.560 bits per heavy atom. The Kier molecular flexibility index (Phi) is 62.7. The average Bonchev–Trinajstić information content (AvgIpc) is 2.29. The number of aliphatic hydroxyl groups excluding tert-OH is 1. The lowest BCUT2D eigenvalue weighted by molar-refractivity contribution is -0.161. The quantitative estimate of drug-likeness (QED) is 0.0222. The number of phosphoric acid groups is 2. The van der Waals surface area contributed by atoms with Gasteiger partial charge in [-0.15, -0.1) is 0 Å². The molecule has 0 saturated heterocycles. The van der Waals surface area contributed by atoms with Crippen molar-refractivity contribution in [3.05, 3.63) is 0 Å². The van der Waals surface area contributed by atoms with E-state index in [9.17, 15) is 43.2 Å². The SMILES string of the molecule is CCCCCCCCCCCCCCCCCCC(=O)O[C@H](COC(=O)CCCCCCCCCCCCCC(C)C)COP(=O)(O)OC[C@@H](O)COP(=O)(O)OC[C@@H](COC(=O)CCCCCCCCCCC)OC(=O)CCCCCCCCCCC(C)CC. The number of carbonyl (C=O) groups excluding carboxylic acids is 4. The number of phosphoric ester groups is 2. The van der Waals surface area contributed by atoms with E-state index in [2.05, 4.69) is 41.5 Å².